The normalized spacial score (nSPS) is 27.3. The second-order valence-electron chi connectivity index (χ2n) is 6.41. The van der Waals surface area contributed by atoms with E-state index in [0.29, 0.717) is 6.54 Å². The first kappa shape index (κ1) is 16.3. The Bertz CT molecular complexity index is 271. The van der Waals surface area contributed by atoms with Gasteiger partial charge in [0.1, 0.15) is 0 Å². The van der Waals surface area contributed by atoms with Gasteiger partial charge in [-0.15, -0.1) is 0 Å². The number of rotatable bonds is 6. The van der Waals surface area contributed by atoms with Gasteiger partial charge in [-0.2, -0.15) is 0 Å². The fourth-order valence-electron chi connectivity index (χ4n) is 2.76. The van der Waals surface area contributed by atoms with Gasteiger partial charge in [0.05, 0.1) is 0 Å². The van der Waals surface area contributed by atoms with Crippen molar-refractivity contribution in [2.45, 2.75) is 64.8 Å². The molecule has 0 atom stereocenters. The summed E-state index contributed by atoms with van der Waals surface area (Å²) in [6.07, 6.45) is 6.53. The second-order valence-corrected chi connectivity index (χ2v) is 6.41. The second kappa shape index (κ2) is 7.73. The third kappa shape index (κ3) is 5.81. The molecule has 0 unspecified atom stereocenters. The molecule has 0 aromatic carbocycles. The van der Waals surface area contributed by atoms with Crippen molar-refractivity contribution in [3.8, 4) is 0 Å². The van der Waals surface area contributed by atoms with Crippen LogP contribution >= 0.6 is 0 Å². The number of nitrogens with two attached hydrogens (primary N) is 1. The van der Waals surface area contributed by atoms with Crippen molar-refractivity contribution in [1.29, 1.82) is 0 Å². The molecule has 1 aliphatic carbocycles. The highest BCUT2D eigenvalue weighted by molar-refractivity contribution is 5.73. The van der Waals surface area contributed by atoms with Crippen molar-refractivity contribution in [2.24, 2.45) is 17.6 Å². The number of hydrogen-bond donors (Lipinski definition) is 3. The minimum Gasteiger partial charge on any atom is -0.338 e. The highest BCUT2D eigenvalue weighted by Gasteiger charge is 2.32. The summed E-state index contributed by atoms with van der Waals surface area (Å²) >= 11 is 0. The Balaban J connectivity index is 2.23. The van der Waals surface area contributed by atoms with Gasteiger partial charge in [0, 0.05) is 18.6 Å². The van der Waals surface area contributed by atoms with E-state index in [1.807, 2.05) is 0 Å². The molecule has 0 spiro atoms. The van der Waals surface area contributed by atoms with Crippen LogP contribution in [0.15, 0.2) is 0 Å². The summed E-state index contributed by atoms with van der Waals surface area (Å²) in [6.45, 7) is 8.02. The van der Waals surface area contributed by atoms with E-state index in [2.05, 4.69) is 31.4 Å². The van der Waals surface area contributed by atoms with Crippen molar-refractivity contribution in [3.05, 3.63) is 0 Å². The van der Waals surface area contributed by atoms with Crippen LogP contribution in [0, 0.1) is 11.8 Å². The summed E-state index contributed by atoms with van der Waals surface area (Å²) < 4.78 is 0. The number of nitrogens with one attached hydrogen (secondary N) is 2. The molecular weight excluding hydrogens is 238 g/mol. The maximum absolute atomic E-state index is 11.6. The molecule has 0 aliphatic heterocycles. The van der Waals surface area contributed by atoms with E-state index < -0.39 is 0 Å². The molecule has 0 radical (unpaired) electrons. The summed E-state index contributed by atoms with van der Waals surface area (Å²) in [7, 11) is 0. The lowest BCUT2D eigenvalue weighted by Crippen LogP contribution is -2.54. The molecule has 1 saturated carbocycles. The van der Waals surface area contributed by atoms with Crippen LogP contribution in [0.2, 0.25) is 0 Å². The molecule has 1 aliphatic rings. The Morgan fingerprint density at radius 2 is 1.95 bits per heavy atom. The average molecular weight is 269 g/mol. The minimum atomic E-state index is -0.201. The molecule has 2 amide bonds. The van der Waals surface area contributed by atoms with Crippen LogP contribution in [0.4, 0.5) is 4.79 Å². The molecular formula is C15H31N3O. The number of hydrogen-bond acceptors (Lipinski definition) is 2. The molecule has 1 fully saturated rings. The summed E-state index contributed by atoms with van der Waals surface area (Å²) in [6, 6.07) is -0.0794. The molecule has 4 nitrogen and oxygen atoms in total. The van der Waals surface area contributed by atoms with Crippen LogP contribution in [0.25, 0.3) is 0 Å². The first-order valence-electron chi connectivity index (χ1n) is 7.77. The zero-order valence-electron chi connectivity index (χ0n) is 12.8. The minimum absolute atomic E-state index is 0.0794. The Morgan fingerprint density at radius 3 is 2.47 bits per heavy atom. The van der Waals surface area contributed by atoms with Crippen molar-refractivity contribution >= 4 is 6.03 Å². The highest BCUT2D eigenvalue weighted by Crippen LogP contribution is 2.34. The predicted octanol–water partition coefficient (Wildman–Crippen LogP) is 2.63. The van der Waals surface area contributed by atoms with Gasteiger partial charge >= 0.3 is 6.03 Å². The van der Waals surface area contributed by atoms with Crippen molar-refractivity contribution in [1.82, 2.24) is 10.6 Å². The quantitative estimate of drug-likeness (QED) is 0.649. The van der Waals surface area contributed by atoms with Crippen LogP contribution < -0.4 is 16.4 Å². The zero-order valence-corrected chi connectivity index (χ0v) is 12.8. The topological polar surface area (TPSA) is 67.2 Å². The fraction of sp³-hybridized carbons (Fsp3) is 0.933. The first-order valence-corrected chi connectivity index (χ1v) is 7.77. The molecule has 4 heteroatoms. The van der Waals surface area contributed by atoms with Gasteiger partial charge < -0.3 is 16.4 Å². The predicted molar refractivity (Wildman–Crippen MR) is 80.0 cm³/mol. The van der Waals surface area contributed by atoms with Crippen LogP contribution in [0.3, 0.4) is 0 Å². The highest BCUT2D eigenvalue weighted by atomic mass is 16.2. The molecule has 0 saturated heterocycles. The van der Waals surface area contributed by atoms with Crippen LogP contribution in [-0.2, 0) is 0 Å². The zero-order chi connectivity index (χ0) is 14.3. The summed E-state index contributed by atoms with van der Waals surface area (Å²) in [4.78, 5) is 11.6. The number of carbonyl (C=O) groups excluding carboxylic acids is 1. The lowest BCUT2D eigenvalue weighted by atomic mass is 9.73. The van der Waals surface area contributed by atoms with Gasteiger partial charge in [-0.05, 0) is 43.9 Å². The average Bonchev–Trinajstić information content (AvgIpc) is 2.37. The third-order valence-corrected chi connectivity index (χ3v) is 4.39. The van der Waals surface area contributed by atoms with Crippen molar-refractivity contribution in [2.75, 3.05) is 13.1 Å². The van der Waals surface area contributed by atoms with Gasteiger partial charge in [0.15, 0.2) is 0 Å². The third-order valence-electron chi connectivity index (χ3n) is 4.39. The Labute approximate surface area is 117 Å². The van der Waals surface area contributed by atoms with Crippen molar-refractivity contribution in [3.63, 3.8) is 0 Å². The van der Waals surface area contributed by atoms with Gasteiger partial charge in [0.25, 0.3) is 0 Å². The number of urea groups is 1. The van der Waals surface area contributed by atoms with Gasteiger partial charge in [0.2, 0.25) is 0 Å². The largest absolute Gasteiger partial charge is 0.338 e. The van der Waals surface area contributed by atoms with E-state index in [4.69, 9.17) is 5.73 Å². The summed E-state index contributed by atoms with van der Waals surface area (Å²) in [5.41, 5.74) is 6.18. The molecule has 0 heterocycles. The van der Waals surface area contributed by atoms with E-state index in [-0.39, 0.29) is 11.6 Å². The first-order chi connectivity index (χ1) is 8.97. The van der Waals surface area contributed by atoms with E-state index in [0.717, 1.165) is 44.1 Å². The maximum atomic E-state index is 11.6. The summed E-state index contributed by atoms with van der Waals surface area (Å²) in [5, 5.41) is 5.78. The smallest absolute Gasteiger partial charge is 0.314 e. The molecule has 19 heavy (non-hydrogen) atoms. The summed E-state index contributed by atoms with van der Waals surface area (Å²) in [5.74, 6) is 1.55. The van der Waals surface area contributed by atoms with E-state index in [1.165, 1.54) is 12.8 Å². The Morgan fingerprint density at radius 1 is 1.32 bits per heavy atom. The molecule has 0 aromatic heterocycles. The van der Waals surface area contributed by atoms with Crippen LogP contribution in [-0.4, -0.2) is 24.7 Å². The lowest BCUT2D eigenvalue weighted by molar-refractivity contribution is 0.189. The van der Waals surface area contributed by atoms with Gasteiger partial charge in [-0.1, -0.05) is 27.2 Å². The Kier molecular flexibility index (Phi) is 6.63. The van der Waals surface area contributed by atoms with E-state index in [1.54, 1.807) is 0 Å². The monoisotopic (exact) mass is 269 g/mol. The molecule has 1 rings (SSSR count). The number of unbranched alkanes of at least 4 members (excludes halogenated alkanes) is 1. The molecule has 112 valence electrons. The van der Waals surface area contributed by atoms with Crippen LogP contribution in [0.5, 0.6) is 0 Å². The lowest BCUT2D eigenvalue weighted by Gasteiger charge is -2.38. The van der Waals surface area contributed by atoms with Crippen LogP contribution in [0.1, 0.15) is 59.3 Å². The number of amides is 2. The molecule has 4 N–H and O–H groups in total. The molecule has 0 bridgehead atoms. The Hall–Kier alpha value is -0.770. The van der Waals surface area contributed by atoms with Gasteiger partial charge in [-0.25, -0.2) is 4.79 Å². The van der Waals surface area contributed by atoms with E-state index in [9.17, 15) is 4.79 Å². The number of carbonyl (C=O) groups is 1. The fourth-order valence-corrected chi connectivity index (χ4v) is 2.76. The SMILES string of the molecule is CCCCNC(=O)NCC1(N)CCC(C(C)C)CC1. The standard InChI is InChI=1S/C15H31N3O/c1-4-5-10-17-14(19)18-11-15(16)8-6-13(7-9-15)12(2)3/h12-13H,4-11,16H2,1-3H3,(H2,17,18,19). The van der Waals surface area contributed by atoms with Crippen molar-refractivity contribution < 1.29 is 4.79 Å². The van der Waals surface area contributed by atoms with Gasteiger partial charge in [-0.3, -0.25) is 0 Å². The maximum Gasteiger partial charge on any atom is 0.314 e. The van der Waals surface area contributed by atoms with E-state index >= 15 is 0 Å². The molecule has 0 aromatic rings.